The fraction of sp³-hybridized carbons (Fsp3) is 0.400. The van der Waals surface area contributed by atoms with Crippen LogP contribution < -0.4 is 4.90 Å². The number of anilines is 1. The minimum Gasteiger partial charge on any atom is -0.465 e. The maximum Gasteiger partial charge on any atom is 0.350 e. The molecular weight excluding hydrogens is 230 g/mol. The molecule has 0 bridgehead atoms. The molecule has 2 rings (SSSR count). The van der Waals surface area contributed by atoms with E-state index in [0.717, 1.165) is 0 Å². The van der Waals surface area contributed by atoms with Gasteiger partial charge in [0.25, 0.3) is 0 Å². The third-order valence-electron chi connectivity index (χ3n) is 2.41. The summed E-state index contributed by atoms with van der Waals surface area (Å²) >= 11 is 1.22. The van der Waals surface area contributed by atoms with Crippen molar-refractivity contribution in [1.82, 2.24) is 0 Å². The van der Waals surface area contributed by atoms with Crippen molar-refractivity contribution in [1.29, 1.82) is 0 Å². The minimum atomic E-state index is -0.655. The first-order chi connectivity index (χ1) is 7.63. The molecule has 5 nitrogen and oxygen atoms in total. The van der Waals surface area contributed by atoms with Gasteiger partial charge in [-0.05, 0) is 11.4 Å². The molecule has 1 amide bonds. The summed E-state index contributed by atoms with van der Waals surface area (Å²) in [4.78, 5) is 24.8. The Balaban J connectivity index is 2.31. The van der Waals surface area contributed by atoms with Gasteiger partial charge in [0.15, 0.2) is 0 Å². The number of carbonyl (C=O) groups is 2. The summed E-state index contributed by atoms with van der Waals surface area (Å²) in [5.41, 5.74) is 0.526. The molecule has 16 heavy (non-hydrogen) atoms. The number of thiophene rings is 1. The Morgan fingerprint density at radius 3 is 3.00 bits per heavy atom. The Morgan fingerprint density at radius 1 is 1.69 bits per heavy atom. The minimum absolute atomic E-state index is 0.108. The van der Waals surface area contributed by atoms with Crippen LogP contribution in [0.3, 0.4) is 0 Å². The molecule has 1 aromatic heterocycles. The van der Waals surface area contributed by atoms with Gasteiger partial charge in [0.05, 0.1) is 31.9 Å². The Kier molecular flexibility index (Phi) is 2.93. The zero-order chi connectivity index (χ0) is 11.7. The molecule has 1 aromatic rings. The zero-order valence-corrected chi connectivity index (χ0v) is 9.49. The van der Waals surface area contributed by atoms with Crippen molar-refractivity contribution < 1.29 is 19.4 Å². The van der Waals surface area contributed by atoms with Gasteiger partial charge in [-0.15, -0.1) is 11.3 Å². The molecular formula is C10H11NO4S. The zero-order valence-electron chi connectivity index (χ0n) is 8.67. The first kappa shape index (κ1) is 11.1. The quantitative estimate of drug-likeness (QED) is 0.771. The van der Waals surface area contributed by atoms with Crippen molar-refractivity contribution in [3.8, 4) is 0 Å². The molecule has 1 saturated heterocycles. The van der Waals surface area contributed by atoms with E-state index in [4.69, 9.17) is 0 Å². The van der Waals surface area contributed by atoms with Gasteiger partial charge < -0.3 is 14.7 Å². The standard InChI is InChI=1S/C10H11NO4S/c1-15-10(14)9-7(2-3-16-9)11-5-6(12)4-8(11)13/h2-3,6,12H,4-5H2,1H3. The maximum atomic E-state index is 11.6. The fourth-order valence-electron chi connectivity index (χ4n) is 1.68. The molecule has 1 aliphatic heterocycles. The number of amides is 1. The molecule has 2 heterocycles. The Labute approximate surface area is 96.2 Å². The highest BCUT2D eigenvalue weighted by Gasteiger charge is 2.32. The highest BCUT2D eigenvalue weighted by molar-refractivity contribution is 7.12. The van der Waals surface area contributed by atoms with Crippen LogP contribution in [0.1, 0.15) is 16.1 Å². The Morgan fingerprint density at radius 2 is 2.44 bits per heavy atom. The maximum absolute atomic E-state index is 11.6. The van der Waals surface area contributed by atoms with Gasteiger partial charge in [-0.1, -0.05) is 0 Å². The van der Waals surface area contributed by atoms with Crippen LogP contribution in [0.4, 0.5) is 5.69 Å². The van der Waals surface area contributed by atoms with Crippen LogP contribution in [0, 0.1) is 0 Å². The van der Waals surface area contributed by atoms with Crippen molar-refractivity contribution in [3.05, 3.63) is 16.3 Å². The van der Waals surface area contributed by atoms with Gasteiger partial charge in [-0.25, -0.2) is 4.79 Å². The number of β-amino-alcohol motifs (C(OH)–C–C–N with tert-alkyl or cyclic N) is 1. The molecule has 6 heteroatoms. The molecule has 86 valence electrons. The van der Waals surface area contributed by atoms with Crippen molar-refractivity contribution in [2.75, 3.05) is 18.6 Å². The molecule has 0 aliphatic carbocycles. The van der Waals surface area contributed by atoms with E-state index in [-0.39, 0.29) is 18.9 Å². The second-order valence-electron chi connectivity index (χ2n) is 3.49. The van der Waals surface area contributed by atoms with Gasteiger partial charge in [-0.3, -0.25) is 4.79 Å². The van der Waals surface area contributed by atoms with E-state index in [1.165, 1.54) is 23.3 Å². The second-order valence-corrected chi connectivity index (χ2v) is 4.40. The third-order valence-corrected chi connectivity index (χ3v) is 3.29. The molecule has 0 saturated carbocycles. The van der Waals surface area contributed by atoms with Crippen LogP contribution in [0.2, 0.25) is 0 Å². The van der Waals surface area contributed by atoms with Crippen molar-refractivity contribution >= 4 is 28.9 Å². The van der Waals surface area contributed by atoms with Crippen molar-refractivity contribution in [2.24, 2.45) is 0 Å². The summed E-state index contributed by atoms with van der Waals surface area (Å²) in [7, 11) is 1.30. The number of carbonyl (C=O) groups excluding carboxylic acids is 2. The Bertz CT molecular complexity index is 428. The van der Waals surface area contributed by atoms with E-state index in [0.29, 0.717) is 10.6 Å². The molecule has 1 atom stereocenters. The number of aliphatic hydroxyl groups excluding tert-OH is 1. The lowest BCUT2D eigenvalue weighted by Crippen LogP contribution is -2.26. The predicted octanol–water partition coefficient (Wildman–Crippen LogP) is 0.632. The third kappa shape index (κ3) is 1.81. The van der Waals surface area contributed by atoms with Crippen LogP contribution in [0.25, 0.3) is 0 Å². The van der Waals surface area contributed by atoms with Crippen LogP contribution in [-0.4, -0.2) is 36.7 Å². The molecule has 0 radical (unpaired) electrons. The molecule has 0 spiro atoms. The SMILES string of the molecule is COC(=O)c1sccc1N1CC(O)CC1=O. The number of methoxy groups -OCH3 is 1. The number of hydrogen-bond acceptors (Lipinski definition) is 5. The van der Waals surface area contributed by atoms with E-state index in [9.17, 15) is 14.7 Å². The first-order valence-electron chi connectivity index (χ1n) is 4.77. The van der Waals surface area contributed by atoms with E-state index in [1.807, 2.05) is 0 Å². The summed E-state index contributed by atoms with van der Waals surface area (Å²) in [6.07, 6.45) is -0.547. The van der Waals surface area contributed by atoms with E-state index in [1.54, 1.807) is 11.4 Å². The topological polar surface area (TPSA) is 66.8 Å². The number of esters is 1. The Hall–Kier alpha value is -1.40. The number of hydrogen-bond donors (Lipinski definition) is 1. The predicted molar refractivity (Wildman–Crippen MR) is 58.6 cm³/mol. The van der Waals surface area contributed by atoms with Crippen LogP contribution in [-0.2, 0) is 9.53 Å². The normalized spacial score (nSPS) is 20.2. The molecule has 1 unspecified atom stereocenters. The lowest BCUT2D eigenvalue weighted by molar-refractivity contribution is -0.117. The number of aliphatic hydroxyl groups is 1. The molecule has 1 fully saturated rings. The largest absolute Gasteiger partial charge is 0.465 e. The van der Waals surface area contributed by atoms with Crippen LogP contribution in [0.5, 0.6) is 0 Å². The molecule has 1 aliphatic rings. The van der Waals surface area contributed by atoms with E-state index in [2.05, 4.69) is 4.74 Å². The molecule has 1 N–H and O–H groups in total. The number of rotatable bonds is 2. The van der Waals surface area contributed by atoms with E-state index >= 15 is 0 Å². The summed E-state index contributed by atoms with van der Waals surface area (Å²) in [5, 5.41) is 11.1. The summed E-state index contributed by atoms with van der Waals surface area (Å²) in [5.74, 6) is -0.629. The monoisotopic (exact) mass is 241 g/mol. The lowest BCUT2D eigenvalue weighted by Gasteiger charge is -2.15. The van der Waals surface area contributed by atoms with Crippen LogP contribution in [0.15, 0.2) is 11.4 Å². The highest BCUT2D eigenvalue weighted by atomic mass is 32.1. The highest BCUT2D eigenvalue weighted by Crippen LogP contribution is 2.30. The lowest BCUT2D eigenvalue weighted by atomic mass is 10.3. The van der Waals surface area contributed by atoms with Crippen molar-refractivity contribution in [3.63, 3.8) is 0 Å². The van der Waals surface area contributed by atoms with E-state index < -0.39 is 12.1 Å². The summed E-state index contributed by atoms with van der Waals surface area (Å²) < 4.78 is 4.63. The smallest absolute Gasteiger partial charge is 0.350 e. The first-order valence-corrected chi connectivity index (χ1v) is 5.65. The second kappa shape index (κ2) is 4.23. The summed E-state index contributed by atoms with van der Waals surface area (Å²) in [6.45, 7) is 0.236. The number of ether oxygens (including phenoxy) is 1. The average Bonchev–Trinajstić information content (AvgIpc) is 2.83. The fourth-order valence-corrected chi connectivity index (χ4v) is 2.49. The summed E-state index contributed by atoms with van der Waals surface area (Å²) in [6, 6.07) is 1.69. The van der Waals surface area contributed by atoms with Crippen LogP contribution >= 0.6 is 11.3 Å². The van der Waals surface area contributed by atoms with Gasteiger partial charge in [0.2, 0.25) is 5.91 Å². The van der Waals surface area contributed by atoms with Gasteiger partial charge >= 0.3 is 5.97 Å². The van der Waals surface area contributed by atoms with Gasteiger partial charge in [0, 0.05) is 0 Å². The average molecular weight is 241 g/mol. The van der Waals surface area contributed by atoms with Crippen molar-refractivity contribution in [2.45, 2.75) is 12.5 Å². The molecule has 0 aromatic carbocycles. The van der Waals surface area contributed by atoms with Gasteiger partial charge in [0.1, 0.15) is 4.88 Å². The number of nitrogens with zero attached hydrogens (tertiary/aromatic N) is 1. The van der Waals surface area contributed by atoms with Gasteiger partial charge in [-0.2, -0.15) is 0 Å².